The highest BCUT2D eigenvalue weighted by atomic mass is 16.5. The quantitative estimate of drug-likeness (QED) is 0.386. The van der Waals surface area contributed by atoms with Crippen LogP contribution in [-0.2, 0) is 0 Å². The van der Waals surface area contributed by atoms with Crippen LogP contribution in [0.1, 0.15) is 15.9 Å². The van der Waals surface area contributed by atoms with E-state index in [9.17, 15) is 9.90 Å². The SMILES string of the molecule is COc1cc(N=Nc2ccccc2)cc(C=NNC(=O)c2cccnc2)c1O. The molecular formula is C20H17N5O3. The van der Waals surface area contributed by atoms with Gasteiger partial charge in [0, 0.05) is 24.0 Å². The number of rotatable bonds is 6. The van der Waals surface area contributed by atoms with E-state index in [0.717, 1.165) is 0 Å². The maximum Gasteiger partial charge on any atom is 0.272 e. The lowest BCUT2D eigenvalue weighted by molar-refractivity contribution is 0.0954. The minimum absolute atomic E-state index is 0.125. The van der Waals surface area contributed by atoms with Gasteiger partial charge in [-0.2, -0.15) is 15.3 Å². The van der Waals surface area contributed by atoms with Gasteiger partial charge in [0.05, 0.1) is 30.3 Å². The van der Waals surface area contributed by atoms with Crippen LogP contribution in [-0.4, -0.2) is 29.3 Å². The molecule has 2 aromatic carbocycles. The third-order valence-electron chi connectivity index (χ3n) is 3.64. The molecular weight excluding hydrogens is 358 g/mol. The third kappa shape index (κ3) is 4.76. The highest BCUT2D eigenvalue weighted by Gasteiger charge is 2.10. The number of carbonyl (C=O) groups is 1. The number of phenolic OH excluding ortho intramolecular Hbond substituents is 1. The fraction of sp³-hybridized carbons (Fsp3) is 0.0500. The van der Waals surface area contributed by atoms with Gasteiger partial charge in [0.2, 0.25) is 0 Å². The van der Waals surface area contributed by atoms with E-state index >= 15 is 0 Å². The first-order chi connectivity index (χ1) is 13.7. The smallest absolute Gasteiger partial charge is 0.272 e. The number of benzene rings is 2. The summed E-state index contributed by atoms with van der Waals surface area (Å²) < 4.78 is 5.17. The van der Waals surface area contributed by atoms with Crippen molar-refractivity contribution in [2.75, 3.05) is 7.11 Å². The number of hydrogen-bond donors (Lipinski definition) is 2. The molecule has 3 rings (SSSR count). The van der Waals surface area contributed by atoms with Crippen molar-refractivity contribution < 1.29 is 14.6 Å². The first-order valence-electron chi connectivity index (χ1n) is 8.28. The average Bonchev–Trinajstić information content (AvgIpc) is 2.75. The third-order valence-corrected chi connectivity index (χ3v) is 3.64. The molecule has 0 bridgehead atoms. The Morgan fingerprint density at radius 1 is 1.11 bits per heavy atom. The van der Waals surface area contributed by atoms with Crippen molar-refractivity contribution in [1.82, 2.24) is 10.4 Å². The molecule has 0 saturated heterocycles. The summed E-state index contributed by atoms with van der Waals surface area (Å²) in [5.41, 5.74) is 4.20. The van der Waals surface area contributed by atoms with E-state index in [0.29, 0.717) is 22.5 Å². The lowest BCUT2D eigenvalue weighted by atomic mass is 10.2. The number of azo groups is 1. The Labute approximate surface area is 161 Å². The summed E-state index contributed by atoms with van der Waals surface area (Å²) in [4.78, 5) is 15.9. The van der Waals surface area contributed by atoms with Gasteiger partial charge in [-0.1, -0.05) is 18.2 Å². The number of carbonyl (C=O) groups excluding carboxylic acids is 1. The van der Waals surface area contributed by atoms with Crippen LogP contribution < -0.4 is 10.2 Å². The predicted molar refractivity (Wildman–Crippen MR) is 105 cm³/mol. The largest absolute Gasteiger partial charge is 0.504 e. The van der Waals surface area contributed by atoms with Crippen molar-refractivity contribution in [1.29, 1.82) is 0 Å². The molecule has 0 saturated carbocycles. The highest BCUT2D eigenvalue weighted by molar-refractivity contribution is 5.95. The maximum absolute atomic E-state index is 12.0. The predicted octanol–water partition coefficient (Wildman–Crippen LogP) is 3.98. The summed E-state index contributed by atoms with van der Waals surface area (Å²) in [6.07, 6.45) is 4.30. The number of ether oxygens (including phenoxy) is 1. The molecule has 8 heteroatoms. The van der Waals surface area contributed by atoms with Gasteiger partial charge >= 0.3 is 0 Å². The Morgan fingerprint density at radius 2 is 1.89 bits per heavy atom. The highest BCUT2D eigenvalue weighted by Crippen LogP contribution is 2.34. The van der Waals surface area contributed by atoms with Crippen LogP contribution in [0, 0.1) is 0 Å². The Bertz CT molecular complexity index is 1010. The first-order valence-corrected chi connectivity index (χ1v) is 8.28. The molecule has 0 radical (unpaired) electrons. The van der Waals surface area contributed by atoms with Crippen LogP contribution in [0.3, 0.4) is 0 Å². The maximum atomic E-state index is 12.0. The fourth-order valence-corrected chi connectivity index (χ4v) is 2.26. The van der Waals surface area contributed by atoms with E-state index in [1.807, 2.05) is 30.3 Å². The van der Waals surface area contributed by atoms with E-state index in [2.05, 4.69) is 25.7 Å². The lowest BCUT2D eigenvalue weighted by Crippen LogP contribution is -2.17. The summed E-state index contributed by atoms with van der Waals surface area (Å²) in [6, 6.07) is 15.6. The number of aromatic hydroxyl groups is 1. The zero-order chi connectivity index (χ0) is 19.8. The number of aromatic nitrogens is 1. The Kier molecular flexibility index (Phi) is 6.04. The lowest BCUT2D eigenvalue weighted by Gasteiger charge is -2.07. The van der Waals surface area contributed by atoms with Gasteiger partial charge in [-0.3, -0.25) is 9.78 Å². The first kappa shape index (κ1) is 18.7. The van der Waals surface area contributed by atoms with Crippen molar-refractivity contribution >= 4 is 23.5 Å². The number of amides is 1. The molecule has 0 aliphatic rings. The number of pyridine rings is 1. The summed E-state index contributed by atoms with van der Waals surface area (Å²) in [6.45, 7) is 0. The minimum Gasteiger partial charge on any atom is -0.504 e. The number of nitrogens with zero attached hydrogens (tertiary/aromatic N) is 4. The monoisotopic (exact) mass is 375 g/mol. The molecule has 1 amide bonds. The van der Waals surface area contributed by atoms with Crippen LogP contribution in [0.4, 0.5) is 11.4 Å². The van der Waals surface area contributed by atoms with Gasteiger partial charge in [0.25, 0.3) is 5.91 Å². The number of hydrazone groups is 1. The fourth-order valence-electron chi connectivity index (χ4n) is 2.26. The van der Waals surface area contributed by atoms with Crippen LogP contribution in [0.25, 0.3) is 0 Å². The molecule has 0 aliphatic heterocycles. The van der Waals surface area contributed by atoms with Crippen molar-refractivity contribution in [2.45, 2.75) is 0 Å². The zero-order valence-electron chi connectivity index (χ0n) is 15.0. The molecule has 2 N–H and O–H groups in total. The molecule has 28 heavy (non-hydrogen) atoms. The van der Waals surface area contributed by atoms with Gasteiger partial charge in [0.15, 0.2) is 11.5 Å². The van der Waals surface area contributed by atoms with Gasteiger partial charge in [-0.05, 0) is 30.3 Å². The number of nitrogens with one attached hydrogen (secondary N) is 1. The Hall–Kier alpha value is -4.07. The molecule has 1 heterocycles. The number of hydrogen-bond acceptors (Lipinski definition) is 7. The topological polar surface area (TPSA) is 109 Å². The molecule has 8 nitrogen and oxygen atoms in total. The van der Waals surface area contributed by atoms with Gasteiger partial charge in [0.1, 0.15) is 0 Å². The van der Waals surface area contributed by atoms with Crippen LogP contribution in [0.15, 0.2) is 82.3 Å². The van der Waals surface area contributed by atoms with Crippen LogP contribution >= 0.6 is 0 Å². The van der Waals surface area contributed by atoms with E-state index < -0.39 is 5.91 Å². The normalized spacial score (nSPS) is 11.0. The van der Waals surface area contributed by atoms with Crippen molar-refractivity contribution in [3.05, 3.63) is 78.1 Å². The second-order valence-electron chi connectivity index (χ2n) is 5.56. The standard InChI is InChI=1S/C20H17N5O3/c1-28-18-11-17(24-23-16-7-3-2-4-8-16)10-15(19(18)26)13-22-25-20(27)14-6-5-9-21-12-14/h2-13,26H,1H3,(H,25,27). The average molecular weight is 375 g/mol. The second-order valence-corrected chi connectivity index (χ2v) is 5.56. The van der Waals surface area contributed by atoms with Crippen molar-refractivity contribution in [3.8, 4) is 11.5 Å². The Balaban J connectivity index is 1.79. The van der Waals surface area contributed by atoms with Crippen molar-refractivity contribution in [2.24, 2.45) is 15.3 Å². The van der Waals surface area contributed by atoms with Crippen LogP contribution in [0.2, 0.25) is 0 Å². The van der Waals surface area contributed by atoms with E-state index in [-0.39, 0.29) is 11.5 Å². The molecule has 140 valence electrons. The van der Waals surface area contributed by atoms with Crippen LogP contribution in [0.5, 0.6) is 11.5 Å². The minimum atomic E-state index is -0.421. The van der Waals surface area contributed by atoms with Gasteiger partial charge in [-0.25, -0.2) is 5.43 Å². The zero-order valence-corrected chi connectivity index (χ0v) is 15.0. The number of phenols is 1. The number of methoxy groups -OCH3 is 1. The van der Waals surface area contributed by atoms with E-state index in [4.69, 9.17) is 4.74 Å². The molecule has 1 aromatic heterocycles. The molecule has 0 aliphatic carbocycles. The molecule has 3 aromatic rings. The Morgan fingerprint density at radius 3 is 2.61 bits per heavy atom. The van der Waals surface area contributed by atoms with Gasteiger partial charge < -0.3 is 9.84 Å². The molecule has 0 unspecified atom stereocenters. The van der Waals surface area contributed by atoms with Gasteiger partial charge in [-0.15, -0.1) is 0 Å². The summed E-state index contributed by atoms with van der Waals surface area (Å²) >= 11 is 0. The summed E-state index contributed by atoms with van der Waals surface area (Å²) in [5, 5.41) is 22.4. The van der Waals surface area contributed by atoms with Crippen molar-refractivity contribution in [3.63, 3.8) is 0 Å². The summed E-state index contributed by atoms with van der Waals surface area (Å²) in [5.74, 6) is -0.333. The molecule has 0 spiro atoms. The summed E-state index contributed by atoms with van der Waals surface area (Å²) in [7, 11) is 1.43. The second kappa shape index (κ2) is 9.04. The molecule has 0 atom stereocenters. The van der Waals surface area contributed by atoms with E-state index in [1.165, 1.54) is 19.5 Å². The van der Waals surface area contributed by atoms with E-state index in [1.54, 1.807) is 30.5 Å². The molecule has 0 fully saturated rings.